The number of likely N-dealkylation sites (tertiary alicyclic amines) is 1. The van der Waals surface area contributed by atoms with Gasteiger partial charge in [-0.1, -0.05) is 28.9 Å². The van der Waals surface area contributed by atoms with Gasteiger partial charge in [-0.15, -0.1) is 5.10 Å². The number of hydrogen-bond acceptors (Lipinski definition) is 3. The fraction of sp³-hybridized carbons (Fsp3) is 0.211. The first-order chi connectivity index (χ1) is 13.0. The molecule has 0 aliphatic carbocycles. The van der Waals surface area contributed by atoms with Crippen LogP contribution >= 0.6 is 11.6 Å². The molecule has 1 amide bonds. The SMILES string of the molecule is O=C(c1cn(-c2cccc(Cl)c2)nn1)N1CCC(c2c(F)cccc2F)C1. The van der Waals surface area contributed by atoms with E-state index < -0.39 is 11.6 Å². The Labute approximate surface area is 159 Å². The normalized spacial score (nSPS) is 16.7. The van der Waals surface area contributed by atoms with E-state index in [4.69, 9.17) is 11.6 Å². The van der Waals surface area contributed by atoms with Gasteiger partial charge in [-0.3, -0.25) is 4.79 Å². The highest BCUT2D eigenvalue weighted by molar-refractivity contribution is 6.30. The molecular weight excluding hydrogens is 374 g/mol. The summed E-state index contributed by atoms with van der Waals surface area (Å²) in [5, 5.41) is 8.44. The maximum atomic E-state index is 14.0. The summed E-state index contributed by atoms with van der Waals surface area (Å²) in [7, 11) is 0. The number of carbonyl (C=O) groups is 1. The smallest absolute Gasteiger partial charge is 0.276 e. The molecule has 0 saturated carbocycles. The van der Waals surface area contributed by atoms with E-state index in [0.717, 1.165) is 0 Å². The summed E-state index contributed by atoms with van der Waals surface area (Å²) in [6, 6.07) is 10.8. The van der Waals surface area contributed by atoms with Crippen molar-refractivity contribution in [3.05, 3.63) is 76.6 Å². The number of aromatic nitrogens is 3. The van der Waals surface area contributed by atoms with Crippen LogP contribution in [0.2, 0.25) is 5.02 Å². The van der Waals surface area contributed by atoms with Crippen molar-refractivity contribution in [2.24, 2.45) is 0 Å². The van der Waals surface area contributed by atoms with Gasteiger partial charge in [0.1, 0.15) is 11.6 Å². The number of amides is 1. The lowest BCUT2D eigenvalue weighted by Gasteiger charge is -2.16. The zero-order chi connectivity index (χ0) is 19.0. The molecule has 1 unspecified atom stereocenters. The van der Waals surface area contributed by atoms with Crippen LogP contribution in [0.3, 0.4) is 0 Å². The summed E-state index contributed by atoms with van der Waals surface area (Å²) in [5.41, 5.74) is 0.891. The fourth-order valence-electron chi connectivity index (χ4n) is 3.35. The molecule has 1 aliphatic heterocycles. The van der Waals surface area contributed by atoms with Gasteiger partial charge >= 0.3 is 0 Å². The molecule has 0 bridgehead atoms. The van der Waals surface area contributed by atoms with Crippen LogP contribution in [0.1, 0.15) is 28.4 Å². The number of carbonyl (C=O) groups excluding carboxylic acids is 1. The van der Waals surface area contributed by atoms with E-state index in [-0.39, 0.29) is 29.6 Å². The minimum atomic E-state index is -0.582. The van der Waals surface area contributed by atoms with Gasteiger partial charge in [0.25, 0.3) is 5.91 Å². The van der Waals surface area contributed by atoms with Crippen molar-refractivity contribution >= 4 is 17.5 Å². The minimum Gasteiger partial charge on any atom is -0.337 e. The third-order valence-corrected chi connectivity index (χ3v) is 4.90. The first-order valence-electron chi connectivity index (χ1n) is 8.44. The standard InChI is InChI=1S/C19H15ClF2N4O/c20-13-3-1-4-14(9-13)26-11-17(23-24-26)19(27)25-8-7-12(10-25)18-15(21)5-2-6-16(18)22/h1-6,9,11-12H,7-8,10H2. The van der Waals surface area contributed by atoms with Gasteiger partial charge in [-0.05, 0) is 36.8 Å². The summed E-state index contributed by atoms with van der Waals surface area (Å²) in [5.74, 6) is -1.86. The molecule has 8 heteroatoms. The molecule has 1 saturated heterocycles. The van der Waals surface area contributed by atoms with Gasteiger partial charge in [0.05, 0.1) is 11.9 Å². The average Bonchev–Trinajstić information content (AvgIpc) is 3.31. The van der Waals surface area contributed by atoms with Crippen LogP contribution in [0.25, 0.3) is 5.69 Å². The molecule has 3 aromatic rings. The molecule has 0 radical (unpaired) electrons. The topological polar surface area (TPSA) is 51.0 Å². The number of halogens is 3. The summed E-state index contributed by atoms with van der Waals surface area (Å²) < 4.78 is 29.5. The van der Waals surface area contributed by atoms with Crippen molar-refractivity contribution in [2.45, 2.75) is 12.3 Å². The van der Waals surface area contributed by atoms with Crippen LogP contribution in [0, 0.1) is 11.6 Å². The largest absolute Gasteiger partial charge is 0.337 e. The lowest BCUT2D eigenvalue weighted by atomic mass is 9.97. The molecule has 2 heterocycles. The summed E-state index contributed by atoms with van der Waals surface area (Å²) >= 11 is 5.97. The van der Waals surface area contributed by atoms with E-state index >= 15 is 0 Å². The number of rotatable bonds is 3. The van der Waals surface area contributed by atoms with Crippen LogP contribution < -0.4 is 0 Å². The number of benzene rings is 2. The van der Waals surface area contributed by atoms with Crippen molar-refractivity contribution in [1.29, 1.82) is 0 Å². The van der Waals surface area contributed by atoms with Gasteiger partial charge < -0.3 is 4.90 Å². The summed E-state index contributed by atoms with van der Waals surface area (Å²) in [6.45, 7) is 0.641. The Hall–Kier alpha value is -2.80. The van der Waals surface area contributed by atoms with Crippen molar-refractivity contribution in [2.75, 3.05) is 13.1 Å². The average molecular weight is 389 g/mol. The van der Waals surface area contributed by atoms with Crippen LogP contribution in [-0.2, 0) is 0 Å². The van der Waals surface area contributed by atoms with Crippen molar-refractivity contribution < 1.29 is 13.6 Å². The number of hydrogen-bond donors (Lipinski definition) is 0. The molecule has 2 aromatic carbocycles. The van der Waals surface area contributed by atoms with E-state index in [1.54, 1.807) is 29.2 Å². The highest BCUT2D eigenvalue weighted by Gasteiger charge is 2.32. The monoisotopic (exact) mass is 388 g/mol. The Morgan fingerprint density at radius 1 is 1.15 bits per heavy atom. The van der Waals surface area contributed by atoms with E-state index in [9.17, 15) is 13.6 Å². The summed E-state index contributed by atoms with van der Waals surface area (Å²) in [4.78, 5) is 14.2. The second-order valence-corrected chi connectivity index (χ2v) is 6.84. The Morgan fingerprint density at radius 3 is 2.63 bits per heavy atom. The zero-order valence-corrected chi connectivity index (χ0v) is 14.9. The van der Waals surface area contributed by atoms with Crippen LogP contribution in [0.15, 0.2) is 48.7 Å². The Kier molecular flexibility index (Phi) is 4.61. The molecule has 1 aromatic heterocycles. The molecule has 0 N–H and O–H groups in total. The fourth-order valence-corrected chi connectivity index (χ4v) is 3.53. The van der Waals surface area contributed by atoms with Crippen LogP contribution in [0.5, 0.6) is 0 Å². The van der Waals surface area contributed by atoms with Gasteiger partial charge in [-0.25, -0.2) is 13.5 Å². The highest BCUT2D eigenvalue weighted by Crippen LogP contribution is 2.31. The lowest BCUT2D eigenvalue weighted by Crippen LogP contribution is -2.29. The molecule has 4 rings (SSSR count). The maximum Gasteiger partial charge on any atom is 0.276 e. The summed E-state index contributed by atoms with van der Waals surface area (Å²) in [6.07, 6.45) is 2.01. The Balaban J connectivity index is 1.51. The van der Waals surface area contributed by atoms with Crippen molar-refractivity contribution in [1.82, 2.24) is 19.9 Å². The van der Waals surface area contributed by atoms with Crippen molar-refractivity contribution in [3.8, 4) is 5.69 Å². The first kappa shape index (κ1) is 17.6. The molecular formula is C19H15ClF2N4O. The molecule has 138 valence electrons. The first-order valence-corrected chi connectivity index (χ1v) is 8.82. The van der Waals surface area contributed by atoms with Gasteiger partial charge in [0, 0.05) is 29.6 Å². The van der Waals surface area contributed by atoms with Gasteiger partial charge in [0.2, 0.25) is 0 Å². The van der Waals surface area contributed by atoms with E-state index in [1.807, 2.05) is 0 Å². The molecule has 1 fully saturated rings. The molecule has 1 aliphatic rings. The maximum absolute atomic E-state index is 14.0. The van der Waals surface area contributed by atoms with Gasteiger partial charge in [-0.2, -0.15) is 0 Å². The molecule has 5 nitrogen and oxygen atoms in total. The Morgan fingerprint density at radius 2 is 1.89 bits per heavy atom. The van der Waals surface area contributed by atoms with Crippen LogP contribution in [-0.4, -0.2) is 38.9 Å². The molecule has 1 atom stereocenters. The molecule has 27 heavy (non-hydrogen) atoms. The second kappa shape index (κ2) is 7.08. The third kappa shape index (κ3) is 3.42. The third-order valence-electron chi connectivity index (χ3n) is 4.67. The van der Waals surface area contributed by atoms with Gasteiger partial charge in [0.15, 0.2) is 5.69 Å². The molecule has 0 spiro atoms. The Bertz CT molecular complexity index is 987. The second-order valence-electron chi connectivity index (χ2n) is 6.40. The van der Waals surface area contributed by atoms with Crippen LogP contribution in [0.4, 0.5) is 8.78 Å². The lowest BCUT2D eigenvalue weighted by molar-refractivity contribution is 0.0784. The predicted molar refractivity (Wildman–Crippen MR) is 96.0 cm³/mol. The minimum absolute atomic E-state index is 0.0374. The quantitative estimate of drug-likeness (QED) is 0.685. The van der Waals surface area contributed by atoms with E-state index in [0.29, 0.717) is 23.7 Å². The van der Waals surface area contributed by atoms with E-state index in [2.05, 4.69) is 10.3 Å². The zero-order valence-electron chi connectivity index (χ0n) is 14.1. The highest BCUT2D eigenvalue weighted by atomic mass is 35.5. The van der Waals surface area contributed by atoms with Crippen molar-refractivity contribution in [3.63, 3.8) is 0 Å². The number of nitrogens with zero attached hydrogens (tertiary/aromatic N) is 4. The van der Waals surface area contributed by atoms with E-state index in [1.165, 1.54) is 29.1 Å². The predicted octanol–water partition coefficient (Wildman–Crippen LogP) is 3.83.